The van der Waals surface area contributed by atoms with Crippen molar-refractivity contribution in [1.82, 2.24) is 4.98 Å². The number of hydrogen-bond donors (Lipinski definition) is 0. The molecule has 0 aliphatic heterocycles. The summed E-state index contributed by atoms with van der Waals surface area (Å²) in [5, 5.41) is 1.02. The molecule has 0 N–H and O–H groups in total. The van der Waals surface area contributed by atoms with Gasteiger partial charge in [-0.3, -0.25) is 4.79 Å². The monoisotopic (exact) mass is 299 g/mol. The van der Waals surface area contributed by atoms with E-state index in [2.05, 4.69) is 20.9 Å². The van der Waals surface area contributed by atoms with Crippen LogP contribution in [0.5, 0.6) is 5.75 Å². The molecule has 0 fully saturated rings. The van der Waals surface area contributed by atoms with Crippen molar-refractivity contribution in [1.29, 1.82) is 0 Å². The maximum Gasteiger partial charge on any atom is 0.153 e. The Hall–Kier alpha value is -1.13. The minimum Gasteiger partial charge on any atom is -0.495 e. The maximum absolute atomic E-state index is 10.7. The van der Waals surface area contributed by atoms with Crippen molar-refractivity contribution in [2.45, 2.75) is 0 Å². The smallest absolute Gasteiger partial charge is 0.153 e. The second-order valence-corrected chi connectivity index (χ2v) is 4.29. The van der Waals surface area contributed by atoms with E-state index in [4.69, 9.17) is 16.3 Å². The van der Waals surface area contributed by atoms with Crippen LogP contribution in [0, 0.1) is 0 Å². The van der Waals surface area contributed by atoms with Gasteiger partial charge >= 0.3 is 0 Å². The van der Waals surface area contributed by atoms with Crippen LogP contribution in [-0.2, 0) is 0 Å². The van der Waals surface area contributed by atoms with Crippen LogP contribution < -0.4 is 4.74 Å². The largest absolute Gasteiger partial charge is 0.495 e. The van der Waals surface area contributed by atoms with Crippen LogP contribution in [0.25, 0.3) is 10.9 Å². The van der Waals surface area contributed by atoms with Crippen molar-refractivity contribution in [2.75, 3.05) is 7.11 Å². The lowest BCUT2D eigenvalue weighted by Gasteiger charge is -2.07. The quantitative estimate of drug-likeness (QED) is 0.630. The lowest BCUT2D eigenvalue weighted by Crippen LogP contribution is -1.91. The van der Waals surface area contributed by atoms with E-state index >= 15 is 0 Å². The predicted molar refractivity (Wildman–Crippen MR) is 66.4 cm³/mol. The average Bonchev–Trinajstić information content (AvgIpc) is 2.30. The highest BCUT2D eigenvalue weighted by Gasteiger charge is 2.10. The van der Waals surface area contributed by atoms with Crippen molar-refractivity contribution in [3.05, 3.63) is 33.4 Å². The Morgan fingerprint density at radius 2 is 2.25 bits per heavy atom. The van der Waals surface area contributed by atoms with Gasteiger partial charge in [-0.1, -0.05) is 11.6 Å². The van der Waals surface area contributed by atoms with Gasteiger partial charge in [0.2, 0.25) is 0 Å². The fourth-order valence-electron chi connectivity index (χ4n) is 1.42. The van der Waals surface area contributed by atoms with Crippen molar-refractivity contribution in [3.63, 3.8) is 0 Å². The SMILES string of the molecule is COc1ccc2cc(C=O)c(Cl)nc2c1Br. The van der Waals surface area contributed by atoms with E-state index in [-0.39, 0.29) is 5.15 Å². The van der Waals surface area contributed by atoms with E-state index in [0.717, 1.165) is 9.86 Å². The summed E-state index contributed by atoms with van der Waals surface area (Å²) in [7, 11) is 1.58. The zero-order valence-corrected chi connectivity index (χ0v) is 10.7. The van der Waals surface area contributed by atoms with Crippen LogP contribution in [0.15, 0.2) is 22.7 Å². The van der Waals surface area contributed by atoms with Gasteiger partial charge in [0.15, 0.2) is 6.29 Å². The molecule has 16 heavy (non-hydrogen) atoms. The van der Waals surface area contributed by atoms with Crippen LogP contribution in [0.1, 0.15) is 10.4 Å². The van der Waals surface area contributed by atoms with E-state index in [9.17, 15) is 4.79 Å². The van der Waals surface area contributed by atoms with E-state index in [1.54, 1.807) is 19.2 Å². The van der Waals surface area contributed by atoms with Crippen LogP contribution in [0.4, 0.5) is 0 Å². The first-order valence-electron chi connectivity index (χ1n) is 4.45. The molecule has 1 aromatic carbocycles. The minimum atomic E-state index is 0.191. The molecule has 3 nitrogen and oxygen atoms in total. The molecule has 0 saturated heterocycles. The van der Waals surface area contributed by atoms with Crippen LogP contribution in [-0.4, -0.2) is 18.4 Å². The number of benzene rings is 1. The van der Waals surface area contributed by atoms with Gasteiger partial charge in [-0.25, -0.2) is 4.98 Å². The highest BCUT2D eigenvalue weighted by Crippen LogP contribution is 2.33. The Morgan fingerprint density at radius 3 is 2.88 bits per heavy atom. The summed E-state index contributed by atoms with van der Waals surface area (Å²) in [5.41, 5.74) is 1.06. The number of hydrogen-bond acceptors (Lipinski definition) is 3. The number of methoxy groups -OCH3 is 1. The van der Waals surface area contributed by atoms with Gasteiger partial charge in [0.25, 0.3) is 0 Å². The summed E-state index contributed by atoms with van der Waals surface area (Å²) in [6.07, 6.45) is 0.687. The van der Waals surface area contributed by atoms with Crippen molar-refractivity contribution in [2.24, 2.45) is 0 Å². The molecule has 0 atom stereocenters. The number of fused-ring (bicyclic) bond motifs is 1. The Morgan fingerprint density at radius 1 is 1.50 bits per heavy atom. The van der Waals surface area contributed by atoms with Gasteiger partial charge < -0.3 is 4.74 Å². The first-order valence-corrected chi connectivity index (χ1v) is 5.62. The zero-order chi connectivity index (χ0) is 11.7. The zero-order valence-electron chi connectivity index (χ0n) is 8.33. The third-order valence-electron chi connectivity index (χ3n) is 2.22. The van der Waals surface area contributed by atoms with E-state index in [0.29, 0.717) is 23.1 Å². The fraction of sp³-hybridized carbons (Fsp3) is 0.0909. The predicted octanol–water partition coefficient (Wildman–Crippen LogP) is 3.47. The standard InChI is InChI=1S/C11H7BrClNO2/c1-16-8-3-2-6-4-7(5-15)11(13)14-10(6)9(8)12/h2-5H,1H3. The first kappa shape index (κ1) is 11.4. The van der Waals surface area contributed by atoms with Gasteiger partial charge in [0, 0.05) is 5.39 Å². The minimum absolute atomic E-state index is 0.191. The third kappa shape index (κ3) is 1.79. The molecule has 0 aliphatic rings. The topological polar surface area (TPSA) is 39.2 Å². The molecule has 2 rings (SSSR count). The van der Waals surface area contributed by atoms with Gasteiger partial charge in [-0.2, -0.15) is 0 Å². The van der Waals surface area contributed by atoms with Gasteiger partial charge in [-0.15, -0.1) is 0 Å². The molecule has 0 bridgehead atoms. The number of aldehydes is 1. The highest BCUT2D eigenvalue weighted by atomic mass is 79.9. The summed E-state index contributed by atoms with van der Waals surface area (Å²) >= 11 is 9.26. The molecule has 2 aromatic rings. The molecule has 0 saturated carbocycles. The first-order chi connectivity index (χ1) is 7.67. The lowest BCUT2D eigenvalue weighted by molar-refractivity contribution is 0.112. The Bertz CT molecular complexity index is 571. The number of carbonyl (C=O) groups excluding carboxylic acids is 1. The third-order valence-corrected chi connectivity index (χ3v) is 3.29. The molecule has 0 amide bonds. The summed E-state index contributed by atoms with van der Waals surface area (Å²) in [4.78, 5) is 14.9. The second-order valence-electron chi connectivity index (χ2n) is 3.14. The van der Waals surface area contributed by atoms with Gasteiger partial charge in [0.05, 0.1) is 22.7 Å². The highest BCUT2D eigenvalue weighted by molar-refractivity contribution is 9.10. The van der Waals surface area contributed by atoms with Crippen LogP contribution in [0.3, 0.4) is 0 Å². The number of rotatable bonds is 2. The second kappa shape index (κ2) is 4.39. The number of aromatic nitrogens is 1. The molecule has 1 aromatic heterocycles. The number of pyridine rings is 1. The molecular formula is C11H7BrClNO2. The molecule has 0 spiro atoms. The van der Waals surface area contributed by atoms with Gasteiger partial charge in [0.1, 0.15) is 10.9 Å². The Labute approximate surface area is 106 Å². The molecular weight excluding hydrogens is 293 g/mol. The summed E-state index contributed by atoms with van der Waals surface area (Å²) < 4.78 is 5.88. The Balaban J connectivity index is 2.80. The normalized spacial score (nSPS) is 10.4. The molecule has 5 heteroatoms. The van der Waals surface area contributed by atoms with Gasteiger partial charge in [-0.05, 0) is 34.1 Å². The summed E-state index contributed by atoms with van der Waals surface area (Å²) in [6.45, 7) is 0. The number of carbonyl (C=O) groups is 1. The number of nitrogens with zero attached hydrogens (tertiary/aromatic N) is 1. The molecule has 1 heterocycles. The average molecular weight is 301 g/mol. The van der Waals surface area contributed by atoms with Crippen molar-refractivity contribution < 1.29 is 9.53 Å². The van der Waals surface area contributed by atoms with E-state index in [1.165, 1.54) is 0 Å². The van der Waals surface area contributed by atoms with E-state index < -0.39 is 0 Å². The number of ether oxygens (including phenoxy) is 1. The molecule has 82 valence electrons. The molecule has 0 unspecified atom stereocenters. The summed E-state index contributed by atoms with van der Waals surface area (Å²) in [6, 6.07) is 5.33. The van der Waals surface area contributed by atoms with Crippen molar-refractivity contribution >= 4 is 44.7 Å². The van der Waals surface area contributed by atoms with Crippen molar-refractivity contribution in [3.8, 4) is 5.75 Å². The van der Waals surface area contributed by atoms with Crippen LogP contribution >= 0.6 is 27.5 Å². The number of halogens is 2. The maximum atomic E-state index is 10.7. The van der Waals surface area contributed by atoms with Crippen LogP contribution in [0.2, 0.25) is 5.15 Å². The Kier molecular flexibility index (Phi) is 3.12. The fourth-order valence-corrected chi connectivity index (χ4v) is 2.22. The molecule has 0 radical (unpaired) electrons. The molecule has 0 aliphatic carbocycles. The lowest BCUT2D eigenvalue weighted by atomic mass is 10.1. The van der Waals surface area contributed by atoms with E-state index in [1.807, 2.05) is 6.07 Å². The summed E-state index contributed by atoms with van der Waals surface area (Å²) in [5.74, 6) is 0.676.